The zero-order chi connectivity index (χ0) is 15.5. The zero-order valence-corrected chi connectivity index (χ0v) is 12.4. The van der Waals surface area contributed by atoms with Crippen molar-refractivity contribution in [3.05, 3.63) is 40.2 Å². The number of hydrogen-bond donors (Lipinski definition) is 3. The standard InChI is InChI=1S/C17H20N2O3/c20-14-9-5-8-12-15(21)10-13(19-16(12)14)17(22)18-11-6-3-1-2-4-7-11/h5,8-11,20H,1-4,6-7H2,(H,18,22)(H,19,21). The van der Waals surface area contributed by atoms with Crippen LogP contribution in [0.4, 0.5) is 0 Å². The van der Waals surface area contributed by atoms with Crippen molar-refractivity contribution >= 4 is 16.8 Å². The van der Waals surface area contributed by atoms with Gasteiger partial charge in [0.1, 0.15) is 11.4 Å². The second-order valence-electron chi connectivity index (χ2n) is 5.91. The molecule has 0 unspecified atom stereocenters. The van der Waals surface area contributed by atoms with Crippen LogP contribution in [0.3, 0.4) is 0 Å². The predicted molar refractivity (Wildman–Crippen MR) is 85.2 cm³/mol. The highest BCUT2D eigenvalue weighted by Gasteiger charge is 2.17. The summed E-state index contributed by atoms with van der Waals surface area (Å²) in [5.41, 5.74) is 0.236. The molecule has 0 aliphatic heterocycles. The van der Waals surface area contributed by atoms with E-state index in [1.807, 2.05) is 0 Å². The zero-order valence-electron chi connectivity index (χ0n) is 12.4. The Labute approximate surface area is 128 Å². The molecule has 0 radical (unpaired) electrons. The summed E-state index contributed by atoms with van der Waals surface area (Å²) in [6.45, 7) is 0. The molecule has 2 aromatic rings. The van der Waals surface area contributed by atoms with Gasteiger partial charge in [0.05, 0.1) is 5.52 Å². The van der Waals surface area contributed by atoms with Gasteiger partial charge in [-0.25, -0.2) is 0 Å². The van der Waals surface area contributed by atoms with E-state index in [1.54, 1.807) is 12.1 Å². The van der Waals surface area contributed by atoms with Gasteiger partial charge in [-0.1, -0.05) is 31.7 Å². The number of fused-ring (bicyclic) bond motifs is 1. The third kappa shape index (κ3) is 2.98. The first-order valence-corrected chi connectivity index (χ1v) is 7.81. The monoisotopic (exact) mass is 300 g/mol. The Morgan fingerprint density at radius 2 is 1.91 bits per heavy atom. The van der Waals surface area contributed by atoms with E-state index in [4.69, 9.17) is 0 Å². The average Bonchev–Trinajstić information content (AvgIpc) is 2.77. The van der Waals surface area contributed by atoms with Crippen LogP contribution < -0.4 is 10.7 Å². The second-order valence-corrected chi connectivity index (χ2v) is 5.91. The van der Waals surface area contributed by atoms with Gasteiger partial charge >= 0.3 is 0 Å². The smallest absolute Gasteiger partial charge is 0.268 e. The summed E-state index contributed by atoms with van der Waals surface area (Å²) < 4.78 is 0. The van der Waals surface area contributed by atoms with Crippen molar-refractivity contribution < 1.29 is 9.90 Å². The van der Waals surface area contributed by atoms with Crippen LogP contribution in [-0.2, 0) is 0 Å². The van der Waals surface area contributed by atoms with Crippen LogP contribution in [0, 0.1) is 0 Å². The molecular formula is C17H20N2O3. The Bertz CT molecular complexity index is 743. The molecule has 1 aliphatic carbocycles. The molecule has 1 aromatic heterocycles. The normalized spacial score (nSPS) is 16.4. The van der Waals surface area contributed by atoms with Crippen LogP contribution in [0.1, 0.15) is 49.0 Å². The minimum Gasteiger partial charge on any atom is -0.506 e. The maximum Gasteiger partial charge on any atom is 0.268 e. The Balaban J connectivity index is 1.87. The van der Waals surface area contributed by atoms with E-state index in [2.05, 4.69) is 10.3 Å². The molecule has 0 saturated heterocycles. The minimum absolute atomic E-state index is 0.0290. The molecule has 0 spiro atoms. The molecule has 1 aromatic carbocycles. The third-order valence-corrected chi connectivity index (χ3v) is 4.28. The van der Waals surface area contributed by atoms with Gasteiger partial charge in [-0.05, 0) is 25.0 Å². The number of nitrogens with one attached hydrogen (secondary N) is 2. The molecule has 1 heterocycles. The van der Waals surface area contributed by atoms with Crippen molar-refractivity contribution in [1.82, 2.24) is 10.3 Å². The molecule has 116 valence electrons. The van der Waals surface area contributed by atoms with Gasteiger partial charge in [-0.2, -0.15) is 0 Å². The number of H-pyrrole nitrogens is 1. The lowest BCUT2D eigenvalue weighted by atomic mass is 10.1. The summed E-state index contributed by atoms with van der Waals surface area (Å²) in [7, 11) is 0. The van der Waals surface area contributed by atoms with Crippen LogP contribution in [0.15, 0.2) is 29.1 Å². The summed E-state index contributed by atoms with van der Waals surface area (Å²) in [4.78, 5) is 27.3. The Hall–Kier alpha value is -2.30. The lowest BCUT2D eigenvalue weighted by Gasteiger charge is -2.16. The van der Waals surface area contributed by atoms with Gasteiger partial charge in [0.2, 0.25) is 0 Å². The Kier molecular flexibility index (Phi) is 4.13. The number of aromatic nitrogens is 1. The first kappa shape index (κ1) is 14.6. The number of amides is 1. The number of pyridine rings is 1. The Morgan fingerprint density at radius 1 is 1.18 bits per heavy atom. The summed E-state index contributed by atoms with van der Waals surface area (Å²) in [5, 5.41) is 13.2. The van der Waals surface area contributed by atoms with Crippen molar-refractivity contribution in [3.63, 3.8) is 0 Å². The Morgan fingerprint density at radius 3 is 2.64 bits per heavy atom. The highest BCUT2D eigenvalue weighted by Crippen LogP contribution is 2.20. The SMILES string of the molecule is O=C(NC1CCCCCC1)c1cc(=O)c2cccc(O)c2[nH]1. The van der Waals surface area contributed by atoms with E-state index in [0.717, 1.165) is 25.7 Å². The largest absolute Gasteiger partial charge is 0.506 e. The molecule has 0 atom stereocenters. The molecule has 5 nitrogen and oxygen atoms in total. The number of carbonyl (C=O) groups is 1. The summed E-state index contributed by atoms with van der Waals surface area (Å²) in [5.74, 6) is -0.312. The lowest BCUT2D eigenvalue weighted by Crippen LogP contribution is -2.35. The minimum atomic E-state index is -0.283. The molecular weight excluding hydrogens is 280 g/mol. The van der Waals surface area contributed by atoms with E-state index in [9.17, 15) is 14.7 Å². The topological polar surface area (TPSA) is 82.2 Å². The number of rotatable bonds is 2. The number of benzene rings is 1. The molecule has 1 amide bonds. The maximum absolute atomic E-state index is 12.4. The van der Waals surface area contributed by atoms with Gasteiger partial charge in [0.25, 0.3) is 5.91 Å². The van der Waals surface area contributed by atoms with E-state index in [1.165, 1.54) is 25.0 Å². The quantitative estimate of drug-likeness (QED) is 0.746. The predicted octanol–water partition coefficient (Wildman–Crippen LogP) is 2.69. The molecule has 1 saturated carbocycles. The molecule has 3 N–H and O–H groups in total. The van der Waals surface area contributed by atoms with Crippen LogP contribution >= 0.6 is 0 Å². The third-order valence-electron chi connectivity index (χ3n) is 4.28. The summed E-state index contributed by atoms with van der Waals surface area (Å²) in [6.07, 6.45) is 6.64. The first-order chi connectivity index (χ1) is 10.6. The van der Waals surface area contributed by atoms with Crippen molar-refractivity contribution in [2.75, 3.05) is 0 Å². The van der Waals surface area contributed by atoms with Crippen molar-refractivity contribution in [1.29, 1.82) is 0 Å². The number of phenolic OH excluding ortho intramolecular Hbond substituents is 1. The number of phenols is 1. The molecule has 0 bridgehead atoms. The first-order valence-electron chi connectivity index (χ1n) is 7.81. The van der Waals surface area contributed by atoms with Crippen LogP contribution in [0.2, 0.25) is 0 Å². The van der Waals surface area contributed by atoms with Gasteiger partial charge in [0.15, 0.2) is 5.43 Å². The number of hydrogen-bond acceptors (Lipinski definition) is 3. The van der Waals surface area contributed by atoms with Gasteiger partial charge in [0, 0.05) is 17.5 Å². The highest BCUT2D eigenvalue weighted by atomic mass is 16.3. The number of para-hydroxylation sites is 1. The maximum atomic E-state index is 12.4. The van der Waals surface area contributed by atoms with Gasteiger partial charge in [-0.15, -0.1) is 0 Å². The molecule has 22 heavy (non-hydrogen) atoms. The van der Waals surface area contributed by atoms with E-state index < -0.39 is 0 Å². The van der Waals surface area contributed by atoms with Crippen LogP contribution in [0.5, 0.6) is 5.75 Å². The van der Waals surface area contributed by atoms with E-state index in [0.29, 0.717) is 10.9 Å². The number of aromatic amines is 1. The van der Waals surface area contributed by atoms with Crippen molar-refractivity contribution in [3.8, 4) is 5.75 Å². The lowest BCUT2D eigenvalue weighted by molar-refractivity contribution is 0.0928. The number of carbonyl (C=O) groups excluding carboxylic acids is 1. The van der Waals surface area contributed by atoms with Crippen molar-refractivity contribution in [2.45, 2.75) is 44.6 Å². The number of aromatic hydroxyl groups is 1. The van der Waals surface area contributed by atoms with E-state index >= 15 is 0 Å². The molecule has 5 heteroatoms. The molecule has 1 fully saturated rings. The van der Waals surface area contributed by atoms with E-state index in [-0.39, 0.29) is 28.8 Å². The fourth-order valence-corrected chi connectivity index (χ4v) is 3.07. The fourth-order valence-electron chi connectivity index (χ4n) is 3.07. The average molecular weight is 300 g/mol. The van der Waals surface area contributed by atoms with Crippen molar-refractivity contribution in [2.24, 2.45) is 0 Å². The van der Waals surface area contributed by atoms with Crippen LogP contribution in [0.25, 0.3) is 10.9 Å². The summed E-state index contributed by atoms with van der Waals surface area (Å²) >= 11 is 0. The molecule has 3 rings (SSSR count). The van der Waals surface area contributed by atoms with Gasteiger partial charge in [-0.3, -0.25) is 9.59 Å². The second kappa shape index (κ2) is 6.22. The summed E-state index contributed by atoms with van der Waals surface area (Å²) in [6, 6.07) is 6.19. The molecule has 1 aliphatic rings. The van der Waals surface area contributed by atoms with Gasteiger partial charge < -0.3 is 15.4 Å². The fraction of sp³-hybridized carbons (Fsp3) is 0.412. The van der Waals surface area contributed by atoms with Crippen LogP contribution in [-0.4, -0.2) is 22.0 Å². The highest BCUT2D eigenvalue weighted by molar-refractivity contribution is 5.96.